The Morgan fingerprint density at radius 3 is 2.60 bits per heavy atom. The first-order valence-corrected chi connectivity index (χ1v) is 8.67. The van der Waals surface area contributed by atoms with Gasteiger partial charge in [0, 0.05) is 33.4 Å². The molecule has 9 heteroatoms. The molecule has 0 atom stereocenters. The third-order valence-electron chi connectivity index (χ3n) is 2.49. The predicted octanol–water partition coefficient (Wildman–Crippen LogP) is 1.36. The van der Waals surface area contributed by atoms with Crippen LogP contribution in [0, 0.1) is 0 Å². The van der Waals surface area contributed by atoms with E-state index in [1.807, 2.05) is 0 Å². The summed E-state index contributed by atoms with van der Waals surface area (Å²) in [5, 5.41) is 6.07. The van der Waals surface area contributed by atoms with Crippen LogP contribution >= 0.6 is 15.9 Å². The van der Waals surface area contributed by atoms with Crippen molar-refractivity contribution in [2.24, 2.45) is 0 Å². The van der Waals surface area contributed by atoms with Gasteiger partial charge in [0.15, 0.2) is 0 Å². The van der Waals surface area contributed by atoms with Crippen molar-refractivity contribution in [3.63, 3.8) is 0 Å². The van der Waals surface area contributed by atoms with Gasteiger partial charge in [-0.25, -0.2) is 17.7 Å². The molecule has 0 aliphatic carbocycles. The fourth-order valence-corrected chi connectivity index (χ4v) is 2.35. The van der Waals surface area contributed by atoms with Gasteiger partial charge in [-0.05, 0) is 22.4 Å². The second-order valence-electron chi connectivity index (χ2n) is 4.34. The summed E-state index contributed by atoms with van der Waals surface area (Å²) in [7, 11) is -0.176. The monoisotopic (exact) mass is 365 g/mol. The molecule has 0 bridgehead atoms. The van der Waals surface area contributed by atoms with E-state index >= 15 is 0 Å². The lowest BCUT2D eigenvalue weighted by atomic mass is 10.5. The first kappa shape index (κ1) is 17.1. The van der Waals surface area contributed by atoms with E-state index in [1.165, 1.54) is 18.4 Å². The molecule has 0 aliphatic rings. The minimum absolute atomic E-state index is 0.00810. The maximum Gasteiger partial charge on any atom is 0.224 e. The Kier molecular flexibility index (Phi) is 6.63. The summed E-state index contributed by atoms with van der Waals surface area (Å²) in [5.41, 5.74) is 0. The standard InChI is InChI=1S/C11H20BrN5O2S/c1-4-5-14-11-15-8-9(12)10(16-11)13-6-7-20(18,19)17(2)3/h8H,4-7H2,1-3H3,(H2,13,14,15,16). The molecule has 114 valence electrons. The van der Waals surface area contributed by atoms with Crippen molar-refractivity contribution in [1.82, 2.24) is 14.3 Å². The van der Waals surface area contributed by atoms with Crippen LogP contribution in [0.1, 0.15) is 13.3 Å². The highest BCUT2D eigenvalue weighted by Gasteiger charge is 2.13. The first-order valence-electron chi connectivity index (χ1n) is 6.27. The number of halogens is 1. The number of rotatable bonds is 8. The molecular formula is C11H20BrN5O2S. The molecule has 20 heavy (non-hydrogen) atoms. The number of sulfonamides is 1. The first-order chi connectivity index (χ1) is 9.36. The van der Waals surface area contributed by atoms with Gasteiger partial charge in [-0.2, -0.15) is 4.98 Å². The Morgan fingerprint density at radius 1 is 1.30 bits per heavy atom. The molecule has 0 fully saturated rings. The molecule has 0 spiro atoms. The smallest absolute Gasteiger partial charge is 0.224 e. The summed E-state index contributed by atoms with van der Waals surface area (Å²) in [5.74, 6) is 1.11. The lowest BCUT2D eigenvalue weighted by Crippen LogP contribution is -2.28. The van der Waals surface area contributed by atoms with Crippen LogP contribution in [0.15, 0.2) is 10.7 Å². The Balaban J connectivity index is 2.63. The molecule has 7 nitrogen and oxygen atoms in total. The highest BCUT2D eigenvalue weighted by Crippen LogP contribution is 2.19. The van der Waals surface area contributed by atoms with Crippen LogP contribution in [0.2, 0.25) is 0 Å². The van der Waals surface area contributed by atoms with E-state index in [0.717, 1.165) is 13.0 Å². The quantitative estimate of drug-likeness (QED) is 0.723. The average molecular weight is 366 g/mol. The molecule has 1 aromatic rings. The van der Waals surface area contributed by atoms with Crippen LogP contribution < -0.4 is 10.6 Å². The Hall–Kier alpha value is -0.930. The van der Waals surface area contributed by atoms with Crippen molar-refractivity contribution in [1.29, 1.82) is 0 Å². The highest BCUT2D eigenvalue weighted by atomic mass is 79.9. The number of aromatic nitrogens is 2. The summed E-state index contributed by atoms with van der Waals surface area (Å²) in [6.07, 6.45) is 2.61. The zero-order valence-electron chi connectivity index (χ0n) is 11.9. The van der Waals surface area contributed by atoms with Crippen molar-refractivity contribution < 1.29 is 8.42 Å². The van der Waals surface area contributed by atoms with Crippen LogP contribution in [-0.2, 0) is 10.0 Å². The van der Waals surface area contributed by atoms with Crippen molar-refractivity contribution in [3.05, 3.63) is 10.7 Å². The van der Waals surface area contributed by atoms with Crippen LogP contribution in [0.5, 0.6) is 0 Å². The van der Waals surface area contributed by atoms with Gasteiger partial charge in [-0.15, -0.1) is 0 Å². The van der Waals surface area contributed by atoms with E-state index in [2.05, 4.69) is 43.5 Å². The van der Waals surface area contributed by atoms with Gasteiger partial charge in [0.2, 0.25) is 16.0 Å². The third-order valence-corrected chi connectivity index (χ3v) is 4.90. The topological polar surface area (TPSA) is 87.2 Å². The van der Waals surface area contributed by atoms with Gasteiger partial charge in [0.1, 0.15) is 5.82 Å². The van der Waals surface area contributed by atoms with E-state index < -0.39 is 10.0 Å². The van der Waals surface area contributed by atoms with Gasteiger partial charge in [0.25, 0.3) is 0 Å². The van der Waals surface area contributed by atoms with E-state index in [9.17, 15) is 8.42 Å². The second-order valence-corrected chi connectivity index (χ2v) is 7.50. The molecule has 0 unspecified atom stereocenters. The Morgan fingerprint density at radius 2 is 2.00 bits per heavy atom. The largest absolute Gasteiger partial charge is 0.368 e. The molecule has 0 saturated heterocycles. The summed E-state index contributed by atoms with van der Waals surface area (Å²) in [6, 6.07) is 0. The molecule has 0 amide bonds. The minimum Gasteiger partial charge on any atom is -0.368 e. The molecule has 0 saturated carbocycles. The van der Waals surface area contributed by atoms with Crippen molar-refractivity contribution >= 4 is 37.7 Å². The Bertz CT molecular complexity index is 536. The van der Waals surface area contributed by atoms with E-state index in [4.69, 9.17) is 0 Å². The second kappa shape index (κ2) is 7.75. The van der Waals surface area contributed by atoms with Crippen molar-refractivity contribution in [3.8, 4) is 0 Å². The number of nitrogens with one attached hydrogen (secondary N) is 2. The van der Waals surface area contributed by atoms with E-state index in [1.54, 1.807) is 6.20 Å². The number of hydrogen-bond acceptors (Lipinski definition) is 6. The fourth-order valence-electron chi connectivity index (χ4n) is 1.29. The Labute approximate surface area is 128 Å². The molecule has 1 rings (SSSR count). The summed E-state index contributed by atoms with van der Waals surface area (Å²) in [6.45, 7) is 3.12. The SMILES string of the molecule is CCCNc1ncc(Br)c(NCCS(=O)(=O)N(C)C)n1. The average Bonchev–Trinajstić information content (AvgIpc) is 2.39. The van der Waals surface area contributed by atoms with Crippen LogP contribution in [0.25, 0.3) is 0 Å². The van der Waals surface area contributed by atoms with Crippen LogP contribution in [0.3, 0.4) is 0 Å². The molecule has 1 aromatic heterocycles. The normalized spacial score (nSPS) is 11.7. The molecule has 2 N–H and O–H groups in total. The summed E-state index contributed by atoms with van der Waals surface area (Å²) in [4.78, 5) is 8.41. The summed E-state index contributed by atoms with van der Waals surface area (Å²) >= 11 is 3.33. The van der Waals surface area contributed by atoms with Crippen LogP contribution in [-0.4, -0.2) is 55.6 Å². The summed E-state index contributed by atoms with van der Waals surface area (Å²) < 4.78 is 25.2. The predicted molar refractivity (Wildman–Crippen MR) is 84.5 cm³/mol. The zero-order valence-corrected chi connectivity index (χ0v) is 14.3. The maximum atomic E-state index is 11.6. The van der Waals surface area contributed by atoms with Gasteiger partial charge >= 0.3 is 0 Å². The lowest BCUT2D eigenvalue weighted by Gasteiger charge is -2.13. The number of hydrogen-bond donors (Lipinski definition) is 2. The van der Waals surface area contributed by atoms with Gasteiger partial charge in [-0.3, -0.25) is 0 Å². The fraction of sp³-hybridized carbons (Fsp3) is 0.636. The molecule has 0 aromatic carbocycles. The van der Waals surface area contributed by atoms with E-state index in [-0.39, 0.29) is 12.3 Å². The molecule has 1 heterocycles. The number of anilines is 2. The maximum absolute atomic E-state index is 11.6. The van der Waals surface area contributed by atoms with Gasteiger partial charge in [-0.1, -0.05) is 6.92 Å². The third kappa shape index (κ3) is 5.22. The molecule has 0 radical (unpaired) electrons. The molecule has 0 aliphatic heterocycles. The van der Waals surface area contributed by atoms with Gasteiger partial charge < -0.3 is 10.6 Å². The van der Waals surface area contributed by atoms with E-state index in [0.29, 0.717) is 16.2 Å². The van der Waals surface area contributed by atoms with Gasteiger partial charge in [0.05, 0.1) is 10.2 Å². The minimum atomic E-state index is -3.21. The lowest BCUT2D eigenvalue weighted by molar-refractivity contribution is 0.521. The van der Waals surface area contributed by atoms with Crippen molar-refractivity contribution in [2.75, 3.05) is 43.6 Å². The number of nitrogens with zero attached hydrogens (tertiary/aromatic N) is 3. The van der Waals surface area contributed by atoms with Crippen molar-refractivity contribution in [2.45, 2.75) is 13.3 Å². The zero-order chi connectivity index (χ0) is 15.2. The highest BCUT2D eigenvalue weighted by molar-refractivity contribution is 9.10. The van der Waals surface area contributed by atoms with Crippen LogP contribution in [0.4, 0.5) is 11.8 Å². The molecular weight excluding hydrogens is 346 g/mol.